The molecule has 0 saturated carbocycles. The van der Waals surface area contributed by atoms with Crippen molar-refractivity contribution in [3.63, 3.8) is 0 Å². The molecule has 0 atom stereocenters. The lowest BCUT2D eigenvalue weighted by Gasteiger charge is -2.07. The van der Waals surface area contributed by atoms with E-state index in [4.69, 9.17) is 21.4 Å². The van der Waals surface area contributed by atoms with Crippen LogP contribution in [0.2, 0.25) is 5.15 Å². The zero-order chi connectivity index (χ0) is 14.7. The Hall–Kier alpha value is -2.67. The maximum Gasteiger partial charge on any atom is 0.341 e. The first-order chi connectivity index (χ1) is 9.47. The number of nitrogens with zero attached hydrogens (tertiary/aromatic N) is 2. The number of carboxylic acid groups (broad SMARTS) is 1. The van der Waals surface area contributed by atoms with Gasteiger partial charge in [-0.05, 0) is 18.2 Å². The van der Waals surface area contributed by atoms with Crippen LogP contribution in [-0.2, 0) is 0 Å². The molecule has 0 radical (unpaired) electrons. The number of nitro benzene ring substituents is 1. The summed E-state index contributed by atoms with van der Waals surface area (Å²) in [4.78, 5) is 24.9. The first-order valence-electron chi connectivity index (χ1n) is 5.29. The number of ether oxygens (including phenoxy) is 1. The van der Waals surface area contributed by atoms with Crippen molar-refractivity contribution in [2.75, 3.05) is 0 Å². The number of hydrogen-bond acceptors (Lipinski definition) is 5. The molecule has 20 heavy (non-hydrogen) atoms. The van der Waals surface area contributed by atoms with Gasteiger partial charge in [0.05, 0.1) is 11.0 Å². The summed E-state index contributed by atoms with van der Waals surface area (Å²) in [5.74, 6) is -1.38. The minimum atomic E-state index is -1.24. The highest BCUT2D eigenvalue weighted by Crippen LogP contribution is 2.27. The second-order valence-electron chi connectivity index (χ2n) is 3.65. The van der Waals surface area contributed by atoms with E-state index in [1.165, 1.54) is 30.3 Å². The van der Waals surface area contributed by atoms with Gasteiger partial charge in [0, 0.05) is 6.07 Å². The number of aromatic nitrogens is 1. The van der Waals surface area contributed by atoms with Crippen LogP contribution in [0.3, 0.4) is 0 Å². The molecule has 0 fully saturated rings. The summed E-state index contributed by atoms with van der Waals surface area (Å²) in [5.41, 5.74) is -0.373. The van der Waals surface area contributed by atoms with Crippen LogP contribution in [0.5, 0.6) is 11.6 Å². The van der Waals surface area contributed by atoms with Gasteiger partial charge in [-0.1, -0.05) is 17.7 Å². The number of non-ortho nitro benzene ring substituents is 1. The van der Waals surface area contributed by atoms with Gasteiger partial charge in [0.2, 0.25) is 5.88 Å². The van der Waals surface area contributed by atoms with Gasteiger partial charge in [-0.3, -0.25) is 10.1 Å². The number of rotatable bonds is 4. The molecule has 7 nitrogen and oxygen atoms in total. The summed E-state index contributed by atoms with van der Waals surface area (Å²) in [6.07, 6.45) is 0. The van der Waals surface area contributed by atoms with Crippen molar-refractivity contribution in [2.45, 2.75) is 0 Å². The quantitative estimate of drug-likeness (QED) is 0.528. The predicted molar refractivity (Wildman–Crippen MR) is 69.4 cm³/mol. The first-order valence-corrected chi connectivity index (χ1v) is 5.67. The largest absolute Gasteiger partial charge is 0.477 e. The van der Waals surface area contributed by atoms with Crippen molar-refractivity contribution in [1.29, 1.82) is 0 Å². The Morgan fingerprint density at radius 2 is 2.10 bits per heavy atom. The summed E-state index contributed by atoms with van der Waals surface area (Å²) >= 11 is 5.68. The van der Waals surface area contributed by atoms with Crippen LogP contribution >= 0.6 is 11.6 Å². The summed E-state index contributed by atoms with van der Waals surface area (Å²) in [5, 5.41) is 19.7. The summed E-state index contributed by atoms with van der Waals surface area (Å²) in [6.45, 7) is 0. The van der Waals surface area contributed by atoms with E-state index in [-0.39, 0.29) is 28.0 Å². The smallest absolute Gasteiger partial charge is 0.341 e. The summed E-state index contributed by atoms with van der Waals surface area (Å²) in [7, 11) is 0. The molecule has 0 bridgehead atoms. The number of nitro groups is 1. The normalized spacial score (nSPS) is 10.1. The average Bonchev–Trinajstić information content (AvgIpc) is 2.38. The van der Waals surface area contributed by atoms with Crippen molar-refractivity contribution in [2.24, 2.45) is 0 Å². The molecule has 0 aliphatic carbocycles. The van der Waals surface area contributed by atoms with E-state index in [0.717, 1.165) is 6.07 Å². The fraction of sp³-hybridized carbons (Fsp3) is 0. The Kier molecular flexibility index (Phi) is 3.81. The number of benzene rings is 1. The fourth-order valence-corrected chi connectivity index (χ4v) is 1.57. The van der Waals surface area contributed by atoms with Crippen molar-refractivity contribution >= 4 is 23.3 Å². The Bertz CT molecular complexity index is 689. The van der Waals surface area contributed by atoms with Crippen LogP contribution in [0.4, 0.5) is 5.69 Å². The van der Waals surface area contributed by atoms with Crippen LogP contribution in [0.25, 0.3) is 0 Å². The molecule has 0 aliphatic heterocycles. The van der Waals surface area contributed by atoms with E-state index in [1.807, 2.05) is 0 Å². The molecule has 0 amide bonds. The van der Waals surface area contributed by atoms with Gasteiger partial charge >= 0.3 is 5.97 Å². The second kappa shape index (κ2) is 5.54. The van der Waals surface area contributed by atoms with E-state index in [1.54, 1.807) is 0 Å². The highest BCUT2D eigenvalue weighted by molar-refractivity contribution is 6.29. The molecule has 1 aromatic heterocycles. The summed E-state index contributed by atoms with van der Waals surface area (Å²) in [6, 6.07) is 7.86. The maximum atomic E-state index is 11.0. The standard InChI is InChI=1S/C12H7ClN2O5/c13-10-5-4-9(12(16)17)11(14-10)20-8-3-1-2-7(6-8)15(18)19/h1-6H,(H,16,17). The lowest BCUT2D eigenvalue weighted by molar-refractivity contribution is -0.384. The van der Waals surface area contributed by atoms with Crippen molar-refractivity contribution in [3.05, 3.63) is 57.2 Å². The van der Waals surface area contributed by atoms with Gasteiger partial charge in [-0.15, -0.1) is 0 Å². The van der Waals surface area contributed by atoms with Crippen molar-refractivity contribution in [3.8, 4) is 11.6 Å². The van der Waals surface area contributed by atoms with Crippen LogP contribution in [0, 0.1) is 10.1 Å². The van der Waals surface area contributed by atoms with E-state index >= 15 is 0 Å². The van der Waals surface area contributed by atoms with Crippen molar-refractivity contribution < 1.29 is 19.6 Å². The van der Waals surface area contributed by atoms with Gasteiger partial charge in [0.15, 0.2) is 0 Å². The van der Waals surface area contributed by atoms with Gasteiger partial charge in [-0.2, -0.15) is 0 Å². The number of halogens is 1. The molecule has 102 valence electrons. The zero-order valence-electron chi connectivity index (χ0n) is 9.82. The molecule has 2 aromatic rings. The van der Waals surface area contributed by atoms with E-state index in [9.17, 15) is 14.9 Å². The van der Waals surface area contributed by atoms with Crippen LogP contribution in [-0.4, -0.2) is 21.0 Å². The Balaban J connectivity index is 2.39. The first kappa shape index (κ1) is 13.8. The van der Waals surface area contributed by atoms with Gasteiger partial charge in [-0.25, -0.2) is 9.78 Å². The SMILES string of the molecule is O=C(O)c1ccc(Cl)nc1Oc1cccc([N+](=O)[O-])c1. The third-order valence-corrected chi connectivity index (χ3v) is 2.51. The topological polar surface area (TPSA) is 103 Å². The molecule has 2 rings (SSSR count). The predicted octanol–water partition coefficient (Wildman–Crippen LogP) is 3.13. The minimum absolute atomic E-state index is 0.0513. The fourth-order valence-electron chi connectivity index (χ4n) is 1.43. The third-order valence-electron chi connectivity index (χ3n) is 2.30. The van der Waals surface area contributed by atoms with E-state index in [2.05, 4.69) is 4.98 Å². The molecule has 1 aromatic carbocycles. The molecular formula is C12H7ClN2O5. The molecule has 0 aliphatic rings. The number of carbonyl (C=O) groups is 1. The Labute approximate surface area is 117 Å². The minimum Gasteiger partial charge on any atom is -0.477 e. The second-order valence-corrected chi connectivity index (χ2v) is 4.04. The van der Waals surface area contributed by atoms with E-state index < -0.39 is 10.9 Å². The van der Waals surface area contributed by atoms with Gasteiger partial charge < -0.3 is 9.84 Å². The highest BCUT2D eigenvalue weighted by atomic mass is 35.5. The number of carboxylic acids is 1. The number of pyridine rings is 1. The number of aromatic carboxylic acids is 1. The Morgan fingerprint density at radius 1 is 1.35 bits per heavy atom. The molecule has 0 saturated heterocycles. The lowest BCUT2D eigenvalue weighted by atomic mass is 10.2. The molecule has 8 heteroatoms. The third kappa shape index (κ3) is 3.01. The van der Waals surface area contributed by atoms with Gasteiger partial charge in [0.25, 0.3) is 5.69 Å². The lowest BCUT2D eigenvalue weighted by Crippen LogP contribution is -2.02. The molecular weight excluding hydrogens is 288 g/mol. The molecule has 1 N–H and O–H groups in total. The van der Waals surface area contributed by atoms with Crippen molar-refractivity contribution in [1.82, 2.24) is 4.98 Å². The van der Waals surface area contributed by atoms with E-state index in [0.29, 0.717) is 0 Å². The maximum absolute atomic E-state index is 11.0. The van der Waals surface area contributed by atoms with Gasteiger partial charge in [0.1, 0.15) is 16.5 Å². The average molecular weight is 295 g/mol. The van der Waals surface area contributed by atoms with Crippen LogP contribution < -0.4 is 4.74 Å². The monoisotopic (exact) mass is 294 g/mol. The molecule has 1 heterocycles. The van der Waals surface area contributed by atoms with Crippen LogP contribution in [0.1, 0.15) is 10.4 Å². The highest BCUT2D eigenvalue weighted by Gasteiger charge is 2.15. The number of hydrogen-bond donors (Lipinski definition) is 1. The summed E-state index contributed by atoms with van der Waals surface area (Å²) < 4.78 is 5.26. The Morgan fingerprint density at radius 3 is 2.75 bits per heavy atom. The molecule has 0 unspecified atom stereocenters. The van der Waals surface area contributed by atoms with Crippen LogP contribution in [0.15, 0.2) is 36.4 Å². The molecule has 0 spiro atoms. The zero-order valence-corrected chi connectivity index (χ0v) is 10.6.